The van der Waals surface area contributed by atoms with Gasteiger partial charge in [-0.3, -0.25) is 9.62 Å². The summed E-state index contributed by atoms with van der Waals surface area (Å²) in [5.41, 5.74) is 4.20. The summed E-state index contributed by atoms with van der Waals surface area (Å²) in [6.45, 7) is 3.50. The molecule has 9 heteroatoms. The summed E-state index contributed by atoms with van der Waals surface area (Å²) in [5, 5.41) is 13.7. The second-order valence-corrected chi connectivity index (χ2v) is 14.8. The molecule has 274 valence electrons. The quantitative estimate of drug-likeness (QED) is 0.0733. The van der Waals surface area contributed by atoms with Gasteiger partial charge in [0.25, 0.3) is 0 Å². The molecule has 0 bridgehead atoms. The van der Waals surface area contributed by atoms with Crippen LogP contribution in [0.2, 0.25) is 0 Å². The van der Waals surface area contributed by atoms with Crippen LogP contribution in [0, 0.1) is 0 Å². The zero-order valence-electron chi connectivity index (χ0n) is 30.1. The Morgan fingerprint density at radius 3 is 2.27 bits per heavy atom. The minimum Gasteiger partial charge on any atom is -0.497 e. The van der Waals surface area contributed by atoms with E-state index in [-0.39, 0.29) is 6.61 Å². The van der Waals surface area contributed by atoms with Crippen molar-refractivity contribution in [2.45, 2.75) is 44.9 Å². The van der Waals surface area contributed by atoms with E-state index in [1.54, 1.807) is 25.3 Å². The molecule has 52 heavy (non-hydrogen) atoms. The van der Waals surface area contributed by atoms with Gasteiger partial charge in [0.05, 0.1) is 31.8 Å². The summed E-state index contributed by atoms with van der Waals surface area (Å²) in [4.78, 5) is 2.26. The minimum absolute atomic E-state index is 0.290. The number of fused-ring (bicyclic) bond motifs is 1. The summed E-state index contributed by atoms with van der Waals surface area (Å²) in [5.74, 6) is 1.26. The molecule has 0 aliphatic heterocycles. The van der Waals surface area contributed by atoms with Gasteiger partial charge in [0, 0.05) is 19.7 Å². The van der Waals surface area contributed by atoms with Gasteiger partial charge in [-0.25, -0.2) is 8.42 Å². The first-order valence-electron chi connectivity index (χ1n) is 17.8. The molecule has 0 fully saturated rings. The highest BCUT2D eigenvalue weighted by atomic mass is 32.2. The molecule has 0 aromatic heterocycles. The molecule has 0 aliphatic rings. The van der Waals surface area contributed by atoms with E-state index in [1.807, 2.05) is 60.7 Å². The van der Waals surface area contributed by atoms with Crippen molar-refractivity contribution in [3.8, 4) is 11.5 Å². The van der Waals surface area contributed by atoms with Crippen molar-refractivity contribution in [3.05, 3.63) is 144 Å². The zero-order chi connectivity index (χ0) is 36.6. The Kier molecular flexibility index (Phi) is 14.7. The smallest absolute Gasteiger partial charge is 0.229 e. The number of unbranched alkanes of at least 4 members (excludes halogenated alkanes) is 3. The fourth-order valence-electron chi connectivity index (χ4n) is 6.02. The lowest BCUT2D eigenvalue weighted by Gasteiger charge is -2.26. The molecule has 1 atom stereocenters. The van der Waals surface area contributed by atoms with Gasteiger partial charge >= 0.3 is 0 Å². The summed E-state index contributed by atoms with van der Waals surface area (Å²) < 4.78 is 44.1. The summed E-state index contributed by atoms with van der Waals surface area (Å²) in [6, 6.07) is 37.6. The first-order valence-corrected chi connectivity index (χ1v) is 19.7. The molecule has 0 aliphatic carbocycles. The number of benzene rings is 5. The number of ether oxygens (including phenoxy) is 3. The first kappa shape index (κ1) is 38.6. The zero-order valence-corrected chi connectivity index (χ0v) is 30.9. The van der Waals surface area contributed by atoms with Crippen LogP contribution >= 0.6 is 0 Å². The number of methoxy groups -OCH3 is 1. The molecular weight excluding hydrogens is 673 g/mol. The van der Waals surface area contributed by atoms with Gasteiger partial charge in [-0.05, 0) is 82.7 Å². The maximum Gasteiger partial charge on any atom is 0.229 e. The lowest BCUT2D eigenvalue weighted by atomic mass is 10.1. The van der Waals surface area contributed by atoms with Gasteiger partial charge in [0.2, 0.25) is 10.0 Å². The Hall–Kier alpha value is -4.67. The van der Waals surface area contributed by atoms with Crippen LogP contribution in [0.15, 0.2) is 121 Å². The predicted octanol–water partition coefficient (Wildman–Crippen LogP) is 8.62. The lowest BCUT2D eigenvalue weighted by molar-refractivity contribution is 0.107. The van der Waals surface area contributed by atoms with Crippen molar-refractivity contribution in [2.75, 3.05) is 44.4 Å². The fourth-order valence-corrected chi connectivity index (χ4v) is 6.58. The van der Waals surface area contributed by atoms with E-state index >= 15 is 0 Å². The van der Waals surface area contributed by atoms with Crippen molar-refractivity contribution >= 4 is 32.6 Å². The molecule has 2 N–H and O–H groups in total. The van der Waals surface area contributed by atoms with E-state index in [0.29, 0.717) is 43.3 Å². The highest BCUT2D eigenvalue weighted by Gasteiger charge is 2.18. The number of rotatable bonds is 21. The Bertz CT molecular complexity index is 1970. The normalized spacial score (nSPS) is 12.4. The van der Waals surface area contributed by atoms with Gasteiger partial charge in [0.15, 0.2) is 0 Å². The van der Waals surface area contributed by atoms with Crippen LogP contribution in [0.3, 0.4) is 0 Å². The molecule has 0 saturated heterocycles. The number of sulfonamides is 1. The van der Waals surface area contributed by atoms with Crippen molar-refractivity contribution in [1.82, 2.24) is 4.90 Å². The number of hydrogen-bond donors (Lipinski definition) is 2. The van der Waals surface area contributed by atoms with Crippen molar-refractivity contribution in [1.29, 1.82) is 0 Å². The Balaban J connectivity index is 1.09. The third-order valence-corrected chi connectivity index (χ3v) is 9.30. The van der Waals surface area contributed by atoms with E-state index in [4.69, 9.17) is 14.2 Å². The Morgan fingerprint density at radius 1 is 0.808 bits per heavy atom. The molecule has 5 rings (SSSR count). The number of hydrogen-bond acceptors (Lipinski definition) is 7. The van der Waals surface area contributed by atoms with Crippen molar-refractivity contribution in [3.63, 3.8) is 0 Å². The second kappa shape index (κ2) is 19.8. The summed E-state index contributed by atoms with van der Waals surface area (Å²) in [6.07, 6.45) is 8.52. The monoisotopic (exact) mass is 722 g/mol. The summed E-state index contributed by atoms with van der Waals surface area (Å²) >= 11 is 0. The van der Waals surface area contributed by atoms with Gasteiger partial charge in [0.1, 0.15) is 18.1 Å². The van der Waals surface area contributed by atoms with Crippen LogP contribution in [0.4, 0.5) is 5.69 Å². The average Bonchev–Trinajstić information content (AvgIpc) is 3.14. The number of anilines is 1. The molecule has 0 amide bonds. The van der Waals surface area contributed by atoms with E-state index < -0.39 is 16.1 Å². The number of nitrogens with one attached hydrogen (secondary N) is 1. The molecule has 0 saturated carbocycles. The molecule has 5 aromatic rings. The third-order valence-electron chi connectivity index (χ3n) is 8.71. The number of aliphatic hydroxyl groups is 1. The molecule has 1 unspecified atom stereocenters. The topological polar surface area (TPSA) is 97.3 Å². The average molecular weight is 723 g/mol. The highest BCUT2D eigenvalue weighted by Crippen LogP contribution is 2.31. The molecular formula is C43H50N2O6S. The predicted molar refractivity (Wildman–Crippen MR) is 211 cm³/mol. The van der Waals surface area contributed by atoms with Gasteiger partial charge in [-0.2, -0.15) is 0 Å². The first-order chi connectivity index (χ1) is 25.3. The highest BCUT2D eigenvalue weighted by molar-refractivity contribution is 7.92. The lowest BCUT2D eigenvalue weighted by Crippen LogP contribution is -2.29. The van der Waals surface area contributed by atoms with Crippen molar-refractivity contribution < 1.29 is 27.7 Å². The van der Waals surface area contributed by atoms with Gasteiger partial charge in [-0.1, -0.05) is 110 Å². The van der Waals surface area contributed by atoms with Gasteiger partial charge < -0.3 is 19.3 Å². The second-order valence-electron chi connectivity index (χ2n) is 13.0. The Morgan fingerprint density at radius 2 is 1.52 bits per heavy atom. The largest absolute Gasteiger partial charge is 0.497 e. The summed E-state index contributed by atoms with van der Waals surface area (Å²) in [7, 11) is -1.89. The molecule has 0 heterocycles. The van der Waals surface area contributed by atoms with Crippen molar-refractivity contribution in [2.24, 2.45) is 0 Å². The minimum atomic E-state index is -3.57. The third kappa shape index (κ3) is 12.8. The fraction of sp³-hybridized carbons (Fsp3) is 0.302. The van der Waals surface area contributed by atoms with E-state index in [1.165, 1.54) is 10.9 Å². The molecule has 0 radical (unpaired) electrons. The Labute approximate surface area is 308 Å². The maximum atomic E-state index is 12.2. The van der Waals surface area contributed by atoms with Crippen LogP contribution in [0.1, 0.15) is 54.0 Å². The van der Waals surface area contributed by atoms with E-state index in [9.17, 15) is 13.5 Å². The number of nitrogens with zero attached hydrogens (tertiary/aromatic N) is 1. The maximum absolute atomic E-state index is 12.2. The number of aliphatic hydroxyl groups excluding tert-OH is 1. The standard InChI is InChI=1S/C43H50N2O6S/c1-49-40-23-21-37-28-34(19-20-38(37)29-40)18-13-27-50-26-12-4-3-11-25-45(31-35-14-7-5-8-15-35)32-42(46)39-22-24-43(41(30-39)44-52(2,47)48)51-33-36-16-9-6-10-17-36/h5-10,13-24,28-30,42,44,46H,3-4,11-12,25-27,31-33H2,1-2H3/b18-13-. The molecule has 5 aromatic carbocycles. The van der Waals surface area contributed by atoms with Crippen LogP contribution in [0.5, 0.6) is 11.5 Å². The SMILES string of the molecule is COc1ccc2cc(/C=C\COCCCCCCN(Cc3ccccc3)CC(O)c3ccc(OCc4ccccc4)c(NS(C)(=O)=O)c3)ccc2c1. The van der Waals surface area contributed by atoms with E-state index in [0.717, 1.165) is 60.7 Å². The van der Waals surface area contributed by atoms with Crippen LogP contribution in [0.25, 0.3) is 16.8 Å². The molecule has 0 spiro atoms. The van der Waals surface area contributed by atoms with Crippen LogP contribution in [-0.2, 0) is 27.9 Å². The van der Waals surface area contributed by atoms with E-state index in [2.05, 4.69) is 58.2 Å². The molecule has 8 nitrogen and oxygen atoms in total. The van der Waals surface area contributed by atoms with Gasteiger partial charge in [-0.15, -0.1) is 0 Å². The van der Waals surface area contributed by atoms with Crippen LogP contribution < -0.4 is 14.2 Å². The van der Waals surface area contributed by atoms with Crippen LogP contribution in [-0.4, -0.2) is 58.1 Å².